The van der Waals surface area contributed by atoms with Crippen LogP contribution in [0.15, 0.2) is 30.3 Å². The van der Waals surface area contributed by atoms with Gasteiger partial charge in [0.2, 0.25) is 0 Å². The van der Waals surface area contributed by atoms with E-state index in [1.54, 1.807) is 6.07 Å². The summed E-state index contributed by atoms with van der Waals surface area (Å²) in [6, 6.07) is 9.41. The number of carbonyl (C=O) groups is 1. The summed E-state index contributed by atoms with van der Waals surface area (Å²) >= 11 is 0. The predicted octanol–water partition coefficient (Wildman–Crippen LogP) is 1.69. The van der Waals surface area contributed by atoms with Gasteiger partial charge < -0.3 is 10.7 Å². The van der Waals surface area contributed by atoms with Crippen molar-refractivity contribution >= 4 is 29.2 Å². The van der Waals surface area contributed by atoms with Crippen LogP contribution in [0.5, 0.6) is 0 Å². The maximum absolute atomic E-state index is 10.8. The van der Waals surface area contributed by atoms with E-state index in [4.69, 9.17) is 5.73 Å². The van der Waals surface area contributed by atoms with Gasteiger partial charge in [0.15, 0.2) is 0 Å². The molecule has 1 amide bonds. The van der Waals surface area contributed by atoms with Gasteiger partial charge in [-0.15, -0.1) is 12.4 Å². The van der Waals surface area contributed by atoms with E-state index in [-0.39, 0.29) is 12.4 Å². The van der Waals surface area contributed by atoms with Crippen LogP contribution < -0.4 is 5.73 Å². The molecule has 0 spiro atoms. The zero-order chi connectivity index (χ0) is 8.55. The molecule has 0 saturated heterocycles. The van der Waals surface area contributed by atoms with Crippen LogP contribution in [0, 0.1) is 0 Å². The smallest absolute Gasteiger partial charge is 0.265 e. The topological polar surface area (TPSA) is 58.9 Å². The summed E-state index contributed by atoms with van der Waals surface area (Å²) in [6.07, 6.45) is 0. The fraction of sp³-hybridized carbons (Fsp3) is 0. The summed E-state index contributed by atoms with van der Waals surface area (Å²) in [5.41, 5.74) is 6.50. The number of nitrogens with two attached hydrogens (primary N) is 1. The molecule has 0 aliphatic carbocycles. The van der Waals surface area contributed by atoms with Crippen LogP contribution in [0.25, 0.3) is 10.9 Å². The lowest BCUT2D eigenvalue weighted by molar-refractivity contribution is 0.0996. The SMILES string of the molecule is Cl.NC(=O)c1cc2ccccc2[nH]1. The van der Waals surface area contributed by atoms with Gasteiger partial charge in [-0.25, -0.2) is 0 Å². The van der Waals surface area contributed by atoms with Crippen LogP contribution in [-0.2, 0) is 0 Å². The molecule has 2 rings (SSSR count). The Labute approximate surface area is 81.3 Å². The molecule has 0 radical (unpaired) electrons. The highest BCUT2D eigenvalue weighted by molar-refractivity contribution is 5.96. The van der Waals surface area contributed by atoms with Crippen molar-refractivity contribution in [1.82, 2.24) is 4.98 Å². The Balaban J connectivity index is 0.000000845. The molecule has 0 saturated carbocycles. The van der Waals surface area contributed by atoms with E-state index in [1.165, 1.54) is 0 Å². The zero-order valence-electron chi connectivity index (χ0n) is 6.78. The Morgan fingerprint density at radius 2 is 2.00 bits per heavy atom. The first-order valence-corrected chi connectivity index (χ1v) is 3.65. The number of benzene rings is 1. The highest BCUT2D eigenvalue weighted by Crippen LogP contribution is 2.13. The van der Waals surface area contributed by atoms with Crippen LogP contribution >= 0.6 is 12.4 Å². The van der Waals surface area contributed by atoms with Crippen molar-refractivity contribution in [2.24, 2.45) is 5.73 Å². The first-order valence-electron chi connectivity index (χ1n) is 3.65. The Morgan fingerprint density at radius 3 is 2.62 bits per heavy atom. The normalized spacial score (nSPS) is 9.54. The average molecular weight is 197 g/mol. The Hall–Kier alpha value is -1.48. The molecule has 1 aromatic carbocycles. The number of fused-ring (bicyclic) bond motifs is 1. The number of nitrogens with one attached hydrogen (secondary N) is 1. The lowest BCUT2D eigenvalue weighted by atomic mass is 10.2. The van der Waals surface area contributed by atoms with Gasteiger partial charge >= 0.3 is 0 Å². The average Bonchev–Trinajstić information content (AvgIpc) is 2.46. The third-order valence-electron chi connectivity index (χ3n) is 1.80. The van der Waals surface area contributed by atoms with E-state index < -0.39 is 5.91 Å². The number of carbonyl (C=O) groups excluding carboxylic acids is 1. The van der Waals surface area contributed by atoms with Gasteiger partial charge in [-0.2, -0.15) is 0 Å². The van der Waals surface area contributed by atoms with E-state index in [9.17, 15) is 4.79 Å². The van der Waals surface area contributed by atoms with Gasteiger partial charge in [0.25, 0.3) is 5.91 Å². The molecule has 0 bridgehead atoms. The second kappa shape index (κ2) is 3.49. The maximum atomic E-state index is 10.8. The van der Waals surface area contributed by atoms with Crippen molar-refractivity contribution < 1.29 is 4.79 Å². The van der Waals surface area contributed by atoms with Crippen LogP contribution in [0.4, 0.5) is 0 Å². The minimum absolute atomic E-state index is 0. The molecule has 13 heavy (non-hydrogen) atoms. The van der Waals surface area contributed by atoms with Crippen LogP contribution in [0.2, 0.25) is 0 Å². The first kappa shape index (κ1) is 9.61. The van der Waals surface area contributed by atoms with Crippen molar-refractivity contribution in [3.05, 3.63) is 36.0 Å². The Kier molecular flexibility index (Phi) is 2.58. The molecular formula is C9H9ClN2O. The largest absolute Gasteiger partial charge is 0.364 e. The summed E-state index contributed by atoms with van der Waals surface area (Å²) in [5, 5.41) is 1.01. The maximum Gasteiger partial charge on any atom is 0.265 e. The van der Waals surface area contributed by atoms with E-state index in [0.717, 1.165) is 10.9 Å². The van der Waals surface area contributed by atoms with Crippen molar-refractivity contribution in [3.8, 4) is 0 Å². The van der Waals surface area contributed by atoms with E-state index in [1.807, 2.05) is 24.3 Å². The minimum Gasteiger partial charge on any atom is -0.364 e. The molecule has 1 aromatic heterocycles. The number of amides is 1. The summed E-state index contributed by atoms with van der Waals surface area (Å²) in [6.45, 7) is 0. The fourth-order valence-electron chi connectivity index (χ4n) is 1.21. The number of aromatic nitrogens is 1. The van der Waals surface area contributed by atoms with Crippen LogP contribution in [-0.4, -0.2) is 10.9 Å². The third kappa shape index (κ3) is 1.65. The van der Waals surface area contributed by atoms with Gasteiger partial charge in [-0.05, 0) is 12.1 Å². The number of aromatic amines is 1. The fourth-order valence-corrected chi connectivity index (χ4v) is 1.21. The first-order chi connectivity index (χ1) is 5.77. The second-order valence-corrected chi connectivity index (χ2v) is 2.63. The summed E-state index contributed by atoms with van der Waals surface area (Å²) in [7, 11) is 0. The van der Waals surface area contributed by atoms with Crippen molar-refractivity contribution in [1.29, 1.82) is 0 Å². The summed E-state index contributed by atoms with van der Waals surface area (Å²) in [5.74, 6) is -0.425. The number of rotatable bonds is 1. The lowest BCUT2D eigenvalue weighted by Crippen LogP contribution is -2.10. The van der Waals surface area contributed by atoms with E-state index in [2.05, 4.69) is 4.98 Å². The van der Waals surface area contributed by atoms with E-state index >= 15 is 0 Å². The summed E-state index contributed by atoms with van der Waals surface area (Å²) in [4.78, 5) is 13.7. The monoisotopic (exact) mass is 196 g/mol. The second-order valence-electron chi connectivity index (χ2n) is 2.63. The third-order valence-corrected chi connectivity index (χ3v) is 1.80. The number of para-hydroxylation sites is 1. The molecule has 0 atom stereocenters. The van der Waals surface area contributed by atoms with Crippen molar-refractivity contribution in [2.45, 2.75) is 0 Å². The molecule has 0 aliphatic heterocycles. The van der Waals surface area contributed by atoms with E-state index in [0.29, 0.717) is 5.69 Å². The molecule has 68 valence electrons. The highest BCUT2D eigenvalue weighted by Gasteiger charge is 2.03. The van der Waals surface area contributed by atoms with Crippen molar-refractivity contribution in [2.75, 3.05) is 0 Å². The minimum atomic E-state index is -0.425. The molecular weight excluding hydrogens is 188 g/mol. The molecule has 0 unspecified atom stereocenters. The summed E-state index contributed by atoms with van der Waals surface area (Å²) < 4.78 is 0. The number of halogens is 1. The molecule has 1 heterocycles. The molecule has 2 aromatic rings. The Morgan fingerprint density at radius 1 is 1.31 bits per heavy atom. The van der Waals surface area contributed by atoms with Crippen molar-refractivity contribution in [3.63, 3.8) is 0 Å². The van der Waals surface area contributed by atoms with Crippen LogP contribution in [0.1, 0.15) is 10.5 Å². The van der Waals surface area contributed by atoms with Gasteiger partial charge in [-0.3, -0.25) is 4.79 Å². The molecule has 0 aliphatic rings. The quantitative estimate of drug-likeness (QED) is 0.717. The highest BCUT2D eigenvalue weighted by atomic mass is 35.5. The zero-order valence-corrected chi connectivity index (χ0v) is 7.60. The molecule has 3 nitrogen and oxygen atoms in total. The molecule has 0 fully saturated rings. The number of hydrogen-bond donors (Lipinski definition) is 2. The van der Waals surface area contributed by atoms with Gasteiger partial charge in [0, 0.05) is 10.9 Å². The lowest BCUT2D eigenvalue weighted by Gasteiger charge is -1.85. The number of H-pyrrole nitrogens is 1. The van der Waals surface area contributed by atoms with Gasteiger partial charge in [0.1, 0.15) is 5.69 Å². The molecule has 3 N–H and O–H groups in total. The van der Waals surface area contributed by atoms with Crippen LogP contribution in [0.3, 0.4) is 0 Å². The molecule has 4 heteroatoms. The predicted molar refractivity (Wildman–Crippen MR) is 54.1 cm³/mol. The standard InChI is InChI=1S/C9H8N2O.ClH/c10-9(12)8-5-6-3-1-2-4-7(6)11-8;/h1-5,11H,(H2,10,12);1H. The number of hydrogen-bond acceptors (Lipinski definition) is 1. The Bertz CT molecular complexity index is 403. The van der Waals surface area contributed by atoms with Gasteiger partial charge in [0.05, 0.1) is 0 Å². The number of primary amides is 1. The van der Waals surface area contributed by atoms with Gasteiger partial charge in [-0.1, -0.05) is 18.2 Å².